The van der Waals surface area contributed by atoms with E-state index >= 15 is 0 Å². The van der Waals surface area contributed by atoms with Crippen LogP contribution in [0.5, 0.6) is 0 Å². The number of carboxylic acids is 1. The Morgan fingerprint density at radius 2 is 1.33 bits per heavy atom. The van der Waals surface area contributed by atoms with Crippen LogP contribution in [0.4, 0.5) is 0 Å². The van der Waals surface area contributed by atoms with Gasteiger partial charge in [0.15, 0.2) is 0 Å². The third-order valence-electron chi connectivity index (χ3n) is 5.33. The van der Waals surface area contributed by atoms with Gasteiger partial charge >= 0.3 is 5.97 Å². The Morgan fingerprint density at radius 1 is 0.833 bits per heavy atom. The smallest absolute Gasteiger partial charge is 0.303 e. The van der Waals surface area contributed by atoms with Gasteiger partial charge in [-0.3, -0.25) is 4.79 Å². The lowest BCUT2D eigenvalue weighted by molar-refractivity contribution is -0.137. The monoisotopic (exact) mass is 515 g/mol. The molecule has 0 bridgehead atoms. The maximum atomic E-state index is 10.3. The quantitative estimate of drug-likeness (QED) is 0.0959. The van der Waals surface area contributed by atoms with Crippen LogP contribution in [0.15, 0.2) is 24.3 Å². The van der Waals surface area contributed by atoms with E-state index in [-0.39, 0.29) is 13.2 Å². The predicted molar refractivity (Wildman–Crippen MR) is 144 cm³/mol. The lowest BCUT2D eigenvalue weighted by Gasteiger charge is -1.98. The lowest BCUT2D eigenvalue weighted by Crippen LogP contribution is -2.21. The van der Waals surface area contributed by atoms with Gasteiger partial charge in [0, 0.05) is 19.5 Å². The molecule has 0 aromatic carbocycles. The SMILES string of the molecule is C(OCC1CO1)C1CO1.CCCCC/C=C\C/C=C\CCCCCCCC(=O)O.OCCNCCO. The van der Waals surface area contributed by atoms with Gasteiger partial charge in [-0.05, 0) is 38.5 Å². The Morgan fingerprint density at radius 3 is 1.81 bits per heavy atom. The number of ether oxygens (including phenoxy) is 3. The van der Waals surface area contributed by atoms with Crippen LogP contribution in [0.2, 0.25) is 0 Å². The van der Waals surface area contributed by atoms with Gasteiger partial charge in [-0.2, -0.15) is 0 Å². The molecule has 0 amide bonds. The van der Waals surface area contributed by atoms with E-state index in [1.54, 1.807) is 0 Å². The molecule has 8 heteroatoms. The van der Waals surface area contributed by atoms with E-state index in [1.807, 2.05) is 0 Å². The number of hydrogen-bond acceptors (Lipinski definition) is 7. The van der Waals surface area contributed by atoms with Crippen LogP contribution in [0.25, 0.3) is 0 Å². The molecule has 2 saturated heterocycles. The molecule has 2 heterocycles. The Labute approximate surface area is 219 Å². The zero-order valence-corrected chi connectivity index (χ0v) is 22.6. The fourth-order valence-electron chi connectivity index (χ4n) is 3.03. The highest BCUT2D eigenvalue weighted by Gasteiger charge is 2.26. The van der Waals surface area contributed by atoms with E-state index in [9.17, 15) is 4.79 Å². The van der Waals surface area contributed by atoms with Crippen molar-refractivity contribution in [2.45, 2.75) is 96.2 Å². The maximum Gasteiger partial charge on any atom is 0.303 e. The van der Waals surface area contributed by atoms with Crippen molar-refractivity contribution in [3.05, 3.63) is 24.3 Å². The number of nitrogens with one attached hydrogen (secondary N) is 1. The zero-order valence-electron chi connectivity index (χ0n) is 22.6. The number of unbranched alkanes of at least 4 members (excludes halogenated alkanes) is 8. The molecule has 2 aliphatic heterocycles. The number of carbonyl (C=O) groups is 1. The van der Waals surface area contributed by atoms with Crippen molar-refractivity contribution in [2.24, 2.45) is 0 Å². The minimum atomic E-state index is -0.671. The summed E-state index contributed by atoms with van der Waals surface area (Å²) < 4.78 is 15.1. The third kappa shape index (κ3) is 32.7. The molecule has 2 unspecified atom stereocenters. The normalized spacial score (nSPS) is 18.0. The Balaban J connectivity index is 0.000000618. The van der Waals surface area contributed by atoms with E-state index in [0.29, 0.717) is 31.7 Å². The van der Waals surface area contributed by atoms with Crippen LogP contribution < -0.4 is 5.32 Å². The first-order chi connectivity index (χ1) is 17.6. The molecule has 8 nitrogen and oxygen atoms in total. The number of epoxide rings is 2. The van der Waals surface area contributed by atoms with Gasteiger partial charge in [0.2, 0.25) is 0 Å². The molecule has 4 N–H and O–H groups in total. The van der Waals surface area contributed by atoms with Gasteiger partial charge < -0.3 is 34.8 Å². The summed E-state index contributed by atoms with van der Waals surface area (Å²) in [6.45, 7) is 6.91. The molecule has 0 saturated carbocycles. The number of aliphatic hydroxyl groups excluding tert-OH is 2. The van der Waals surface area contributed by atoms with Gasteiger partial charge in [-0.1, -0.05) is 63.3 Å². The molecular weight excluding hydrogens is 462 g/mol. The van der Waals surface area contributed by atoms with Crippen molar-refractivity contribution in [2.75, 3.05) is 52.7 Å². The van der Waals surface area contributed by atoms with Crippen molar-refractivity contribution in [1.82, 2.24) is 5.32 Å². The van der Waals surface area contributed by atoms with E-state index in [4.69, 9.17) is 29.5 Å². The third-order valence-corrected chi connectivity index (χ3v) is 5.33. The van der Waals surface area contributed by atoms with Crippen LogP contribution in [0, 0.1) is 0 Å². The first kappa shape index (κ1) is 34.7. The molecule has 0 aromatic rings. The van der Waals surface area contributed by atoms with Crippen molar-refractivity contribution in [3.8, 4) is 0 Å². The molecule has 36 heavy (non-hydrogen) atoms. The predicted octanol–water partition coefficient (Wildman–Crippen LogP) is 4.25. The van der Waals surface area contributed by atoms with Crippen LogP contribution in [0.3, 0.4) is 0 Å². The summed E-state index contributed by atoms with van der Waals surface area (Å²) in [6.07, 6.45) is 23.1. The molecule has 2 aliphatic rings. The molecule has 0 aliphatic carbocycles. The molecule has 2 atom stereocenters. The van der Waals surface area contributed by atoms with E-state index in [2.05, 4.69) is 36.5 Å². The number of carboxylic acid groups (broad SMARTS) is 1. The number of aliphatic carboxylic acids is 1. The molecule has 0 aromatic heterocycles. The summed E-state index contributed by atoms with van der Waals surface area (Å²) in [7, 11) is 0. The van der Waals surface area contributed by atoms with Crippen molar-refractivity contribution in [3.63, 3.8) is 0 Å². The van der Waals surface area contributed by atoms with Crippen molar-refractivity contribution >= 4 is 5.97 Å². The van der Waals surface area contributed by atoms with Crippen molar-refractivity contribution in [1.29, 1.82) is 0 Å². The Bertz CT molecular complexity index is 504. The molecule has 212 valence electrons. The summed E-state index contributed by atoms with van der Waals surface area (Å²) in [5, 5.41) is 27.6. The first-order valence-corrected chi connectivity index (χ1v) is 13.9. The standard InChI is InChI=1S/C18H32O2.C6H10O3.C4H11NO2/c1-2-3-4-5-6-7-8-9-10-11-12-13-14-15-16-17-18(19)20;1(5-3-8-5)7-2-6-4-9-6;6-3-1-5-2-4-7/h6-7,9-10H,2-5,8,11-17H2,1H3,(H,19,20);5-6H,1-4H2;5-7H,1-4H2/b7-6-,10-9-;;. The fraction of sp³-hybridized carbons (Fsp3) is 0.821. The second-order valence-electron chi connectivity index (χ2n) is 9.02. The first-order valence-electron chi connectivity index (χ1n) is 13.9. The Kier molecular flexibility index (Phi) is 27.3. The second kappa shape index (κ2) is 28.3. The molecule has 0 spiro atoms. The van der Waals surface area contributed by atoms with Crippen LogP contribution in [0.1, 0.15) is 84.0 Å². The average molecular weight is 516 g/mol. The highest BCUT2D eigenvalue weighted by Crippen LogP contribution is 2.12. The van der Waals surface area contributed by atoms with Gasteiger partial charge in [0.1, 0.15) is 12.2 Å². The summed E-state index contributed by atoms with van der Waals surface area (Å²) in [4.78, 5) is 10.3. The van der Waals surface area contributed by atoms with Crippen LogP contribution >= 0.6 is 0 Å². The zero-order chi connectivity index (χ0) is 26.5. The van der Waals surface area contributed by atoms with E-state index in [1.165, 1.54) is 44.9 Å². The topological polar surface area (TPSA) is 124 Å². The highest BCUT2D eigenvalue weighted by atomic mass is 16.6. The lowest BCUT2D eigenvalue weighted by atomic mass is 10.1. The molecule has 0 radical (unpaired) electrons. The van der Waals surface area contributed by atoms with E-state index < -0.39 is 5.97 Å². The largest absolute Gasteiger partial charge is 0.481 e. The number of allylic oxidation sites excluding steroid dienone is 4. The number of aliphatic hydroxyl groups is 2. The van der Waals surface area contributed by atoms with Gasteiger partial charge in [0.25, 0.3) is 0 Å². The molecule has 2 fully saturated rings. The summed E-state index contributed by atoms with van der Waals surface area (Å²) in [5.41, 5.74) is 0. The second-order valence-corrected chi connectivity index (χ2v) is 9.02. The van der Waals surface area contributed by atoms with Crippen molar-refractivity contribution < 1.29 is 34.3 Å². The minimum Gasteiger partial charge on any atom is -0.481 e. The van der Waals surface area contributed by atoms with Gasteiger partial charge in [-0.15, -0.1) is 0 Å². The summed E-state index contributed by atoms with van der Waals surface area (Å²) >= 11 is 0. The van der Waals surface area contributed by atoms with E-state index in [0.717, 1.165) is 52.1 Å². The van der Waals surface area contributed by atoms with Gasteiger partial charge in [0.05, 0.1) is 39.6 Å². The average Bonchev–Trinajstić information content (AvgIpc) is 3.79. The fourth-order valence-corrected chi connectivity index (χ4v) is 3.03. The maximum absolute atomic E-state index is 10.3. The summed E-state index contributed by atoms with van der Waals surface area (Å²) in [6, 6.07) is 0. The van der Waals surface area contributed by atoms with Gasteiger partial charge in [-0.25, -0.2) is 0 Å². The number of hydrogen-bond donors (Lipinski definition) is 4. The molecular formula is C28H53NO7. The van der Waals surface area contributed by atoms with Crippen LogP contribution in [-0.2, 0) is 19.0 Å². The highest BCUT2D eigenvalue weighted by molar-refractivity contribution is 5.66. The van der Waals surface area contributed by atoms with Crippen LogP contribution in [-0.4, -0.2) is 86.2 Å². The minimum absolute atomic E-state index is 0.139. The Hall–Kier alpha value is -1.29. The molecule has 2 rings (SSSR count). The summed E-state index contributed by atoms with van der Waals surface area (Å²) in [5.74, 6) is -0.671. The number of rotatable bonds is 22.